The van der Waals surface area contributed by atoms with Gasteiger partial charge < -0.3 is 0 Å². The van der Waals surface area contributed by atoms with Crippen LogP contribution in [0.3, 0.4) is 0 Å². The second-order valence-corrected chi connectivity index (χ2v) is 6.51. The SMILES string of the molecule is Cc1cc2ccc3cc(C)c(C)c4c(C)cc(c1C)c2c34. The molecule has 0 spiro atoms. The van der Waals surface area contributed by atoms with Gasteiger partial charge in [-0.2, -0.15) is 0 Å². The third-order valence-electron chi connectivity index (χ3n) is 5.25. The summed E-state index contributed by atoms with van der Waals surface area (Å²) in [6.45, 7) is 11.2. The highest BCUT2D eigenvalue weighted by atomic mass is 14.2. The zero-order valence-corrected chi connectivity index (χ0v) is 13.4. The van der Waals surface area contributed by atoms with E-state index in [4.69, 9.17) is 0 Å². The molecule has 0 aromatic heterocycles. The molecule has 0 bridgehead atoms. The maximum Gasteiger partial charge on any atom is -0.00212 e. The molecule has 21 heavy (non-hydrogen) atoms. The van der Waals surface area contributed by atoms with Crippen molar-refractivity contribution in [3.63, 3.8) is 0 Å². The molecule has 4 aromatic carbocycles. The number of benzene rings is 4. The minimum Gasteiger partial charge on any atom is -0.0537 e. The molecular weight excluding hydrogens is 252 g/mol. The Morgan fingerprint density at radius 1 is 0.524 bits per heavy atom. The van der Waals surface area contributed by atoms with Crippen molar-refractivity contribution in [2.24, 2.45) is 0 Å². The van der Waals surface area contributed by atoms with Gasteiger partial charge in [-0.3, -0.25) is 0 Å². The Labute approximate surface area is 125 Å². The van der Waals surface area contributed by atoms with E-state index in [1.54, 1.807) is 0 Å². The molecule has 0 unspecified atom stereocenters. The van der Waals surface area contributed by atoms with Gasteiger partial charge in [-0.25, -0.2) is 0 Å². The highest BCUT2D eigenvalue weighted by Gasteiger charge is 2.15. The molecule has 4 rings (SSSR count). The van der Waals surface area contributed by atoms with E-state index in [1.807, 2.05) is 0 Å². The van der Waals surface area contributed by atoms with Crippen LogP contribution in [0.15, 0.2) is 30.3 Å². The van der Waals surface area contributed by atoms with Gasteiger partial charge in [-0.15, -0.1) is 0 Å². The molecule has 0 atom stereocenters. The normalized spacial score (nSPS) is 12.0. The summed E-state index contributed by atoms with van der Waals surface area (Å²) in [6.07, 6.45) is 0. The van der Waals surface area contributed by atoms with Crippen LogP contribution in [-0.4, -0.2) is 0 Å². The fourth-order valence-electron chi connectivity index (χ4n) is 3.86. The molecule has 0 saturated carbocycles. The lowest BCUT2D eigenvalue weighted by molar-refractivity contribution is 1.36. The van der Waals surface area contributed by atoms with Crippen LogP contribution in [0.25, 0.3) is 32.3 Å². The largest absolute Gasteiger partial charge is 0.0537 e. The molecule has 0 amide bonds. The molecule has 0 radical (unpaired) electrons. The second kappa shape index (κ2) is 3.98. The standard InChI is InChI=1S/C21H20/c1-11-8-16-6-7-17-9-12(2)15(5)19-13(3)10-18(14(11)4)20(16)21(17)19/h6-10H,1-5H3. The van der Waals surface area contributed by atoms with Crippen LogP contribution < -0.4 is 0 Å². The van der Waals surface area contributed by atoms with Crippen LogP contribution in [0.4, 0.5) is 0 Å². The Hall–Kier alpha value is -2.08. The Bertz CT molecular complexity index is 1020. The van der Waals surface area contributed by atoms with Crippen LogP contribution in [-0.2, 0) is 0 Å². The number of aryl methyl sites for hydroxylation is 5. The first-order valence-electron chi connectivity index (χ1n) is 7.64. The van der Waals surface area contributed by atoms with Crippen molar-refractivity contribution < 1.29 is 0 Å². The Morgan fingerprint density at radius 3 is 1.76 bits per heavy atom. The van der Waals surface area contributed by atoms with E-state index in [1.165, 1.54) is 60.1 Å². The molecule has 0 heteroatoms. The van der Waals surface area contributed by atoms with Gasteiger partial charge in [0.05, 0.1) is 0 Å². The summed E-state index contributed by atoms with van der Waals surface area (Å²) in [5.74, 6) is 0. The van der Waals surface area contributed by atoms with Crippen molar-refractivity contribution >= 4 is 32.3 Å². The molecular formula is C21H20. The third-order valence-corrected chi connectivity index (χ3v) is 5.25. The summed E-state index contributed by atoms with van der Waals surface area (Å²) >= 11 is 0. The minimum absolute atomic E-state index is 1.37. The molecule has 0 heterocycles. The lowest BCUT2D eigenvalue weighted by atomic mass is 9.85. The van der Waals surface area contributed by atoms with Crippen LogP contribution in [0.1, 0.15) is 27.8 Å². The fourth-order valence-corrected chi connectivity index (χ4v) is 3.86. The summed E-state index contributed by atoms with van der Waals surface area (Å²) in [4.78, 5) is 0. The first-order chi connectivity index (χ1) is 9.99. The summed E-state index contributed by atoms with van der Waals surface area (Å²) in [6, 6.07) is 11.6. The summed E-state index contributed by atoms with van der Waals surface area (Å²) in [5.41, 5.74) is 7.01. The summed E-state index contributed by atoms with van der Waals surface area (Å²) < 4.78 is 0. The maximum absolute atomic E-state index is 2.39. The second-order valence-electron chi connectivity index (χ2n) is 6.51. The predicted octanol–water partition coefficient (Wildman–Crippen LogP) is 6.13. The molecule has 0 saturated heterocycles. The Kier molecular flexibility index (Phi) is 2.39. The molecule has 0 nitrogen and oxygen atoms in total. The van der Waals surface area contributed by atoms with Crippen LogP contribution in [0.5, 0.6) is 0 Å². The van der Waals surface area contributed by atoms with Gasteiger partial charge in [0.2, 0.25) is 0 Å². The van der Waals surface area contributed by atoms with E-state index < -0.39 is 0 Å². The van der Waals surface area contributed by atoms with Crippen molar-refractivity contribution in [1.82, 2.24) is 0 Å². The molecule has 0 aliphatic carbocycles. The van der Waals surface area contributed by atoms with Gasteiger partial charge in [-0.05, 0) is 94.8 Å². The average molecular weight is 272 g/mol. The molecule has 0 fully saturated rings. The topological polar surface area (TPSA) is 0 Å². The monoisotopic (exact) mass is 272 g/mol. The van der Waals surface area contributed by atoms with Crippen LogP contribution in [0.2, 0.25) is 0 Å². The van der Waals surface area contributed by atoms with Crippen LogP contribution in [0, 0.1) is 34.6 Å². The van der Waals surface area contributed by atoms with Gasteiger partial charge in [0.15, 0.2) is 0 Å². The van der Waals surface area contributed by atoms with E-state index in [0.717, 1.165) is 0 Å². The zero-order valence-electron chi connectivity index (χ0n) is 13.4. The minimum atomic E-state index is 1.37. The predicted molar refractivity (Wildman–Crippen MR) is 93.8 cm³/mol. The van der Waals surface area contributed by atoms with Crippen molar-refractivity contribution in [2.75, 3.05) is 0 Å². The van der Waals surface area contributed by atoms with Crippen molar-refractivity contribution in [2.45, 2.75) is 34.6 Å². The average Bonchev–Trinajstić information content (AvgIpc) is 2.45. The lowest BCUT2D eigenvalue weighted by Crippen LogP contribution is -1.94. The lowest BCUT2D eigenvalue weighted by Gasteiger charge is -2.18. The Balaban J connectivity index is 2.46. The third kappa shape index (κ3) is 1.51. The van der Waals surface area contributed by atoms with Gasteiger partial charge in [0.25, 0.3) is 0 Å². The smallest absolute Gasteiger partial charge is 0.00212 e. The highest BCUT2D eigenvalue weighted by Crippen LogP contribution is 2.40. The van der Waals surface area contributed by atoms with Crippen molar-refractivity contribution in [3.8, 4) is 0 Å². The Morgan fingerprint density at radius 2 is 1.10 bits per heavy atom. The van der Waals surface area contributed by atoms with Crippen LogP contribution >= 0.6 is 0 Å². The molecule has 0 N–H and O–H groups in total. The summed E-state index contributed by atoms with van der Waals surface area (Å²) in [5, 5.41) is 8.51. The zero-order chi connectivity index (χ0) is 14.9. The van der Waals surface area contributed by atoms with Crippen molar-refractivity contribution in [1.29, 1.82) is 0 Å². The highest BCUT2D eigenvalue weighted by molar-refractivity contribution is 6.25. The quantitative estimate of drug-likeness (QED) is 0.338. The first-order valence-corrected chi connectivity index (χ1v) is 7.64. The molecule has 104 valence electrons. The number of hydrogen-bond donors (Lipinski definition) is 0. The maximum atomic E-state index is 2.39. The van der Waals surface area contributed by atoms with Gasteiger partial charge in [0, 0.05) is 0 Å². The van der Waals surface area contributed by atoms with Gasteiger partial charge >= 0.3 is 0 Å². The van der Waals surface area contributed by atoms with Crippen molar-refractivity contribution in [3.05, 3.63) is 58.1 Å². The van der Waals surface area contributed by atoms with Gasteiger partial charge in [0.1, 0.15) is 0 Å². The van der Waals surface area contributed by atoms with E-state index >= 15 is 0 Å². The number of hydrogen-bond acceptors (Lipinski definition) is 0. The van der Waals surface area contributed by atoms with E-state index in [0.29, 0.717) is 0 Å². The summed E-state index contributed by atoms with van der Waals surface area (Å²) in [7, 11) is 0. The first kappa shape index (κ1) is 12.6. The number of rotatable bonds is 0. The van der Waals surface area contributed by atoms with E-state index in [2.05, 4.69) is 65.0 Å². The van der Waals surface area contributed by atoms with E-state index in [-0.39, 0.29) is 0 Å². The molecule has 0 aliphatic rings. The fraction of sp³-hybridized carbons (Fsp3) is 0.238. The van der Waals surface area contributed by atoms with E-state index in [9.17, 15) is 0 Å². The van der Waals surface area contributed by atoms with Gasteiger partial charge in [-0.1, -0.05) is 30.3 Å². The molecule has 0 aliphatic heterocycles. The molecule has 4 aromatic rings.